The van der Waals surface area contributed by atoms with Gasteiger partial charge < -0.3 is 14.4 Å². The van der Waals surface area contributed by atoms with Crippen LogP contribution < -0.4 is 0 Å². The van der Waals surface area contributed by atoms with Crippen molar-refractivity contribution in [2.24, 2.45) is 5.41 Å². The maximum absolute atomic E-state index is 8.74. The van der Waals surface area contributed by atoms with Crippen LogP contribution in [0.4, 0.5) is 0 Å². The maximum Gasteiger partial charge on any atom is 0.128 e. The Hall–Kier alpha value is -5.15. The number of aromatic nitrogens is 2. The van der Waals surface area contributed by atoms with Crippen molar-refractivity contribution in [3.8, 4) is 44.8 Å². The first-order chi connectivity index (χ1) is 29.1. The second kappa shape index (κ2) is 15.6. The van der Waals surface area contributed by atoms with Gasteiger partial charge in [-0.3, -0.25) is 0 Å². The van der Waals surface area contributed by atoms with E-state index in [4.69, 9.17) is 19.5 Å². The number of para-hydroxylation sites is 1. The van der Waals surface area contributed by atoms with Gasteiger partial charge in [0, 0.05) is 58.5 Å². The second-order valence-corrected chi connectivity index (χ2v) is 13.2. The molecule has 4 heteroatoms. The van der Waals surface area contributed by atoms with Crippen molar-refractivity contribution >= 4 is 21.9 Å². The molecule has 0 aliphatic rings. The SMILES string of the molecule is [2H]C([2H])([2H])c1ccc(-c2[c-]cccc2)nc1.[2H]C([2H])([2H])c1cnc(-c2[c-]ccc3c2oc2c(-c4ccccc4)cccc23)cc1-c1ccc(C([2H])([2H])C(C)(C)C)cc1C([2H])([2H])[2H].[Ir]. The van der Waals surface area contributed by atoms with E-state index < -0.39 is 32.3 Å². The van der Waals surface area contributed by atoms with Crippen molar-refractivity contribution in [3.63, 3.8) is 0 Å². The third-order valence-corrected chi connectivity index (χ3v) is 8.28. The number of pyridine rings is 2. The third kappa shape index (κ3) is 8.00. The van der Waals surface area contributed by atoms with E-state index in [1.807, 2.05) is 72.8 Å². The molecule has 0 spiro atoms. The number of aryl methyl sites for hydroxylation is 3. The van der Waals surface area contributed by atoms with E-state index in [0.717, 1.165) is 33.2 Å². The molecule has 0 saturated carbocycles. The molecule has 0 unspecified atom stereocenters. The van der Waals surface area contributed by atoms with Crippen LogP contribution in [-0.2, 0) is 26.5 Å². The summed E-state index contributed by atoms with van der Waals surface area (Å²) in [5.74, 6) is 0. The zero-order chi connectivity index (χ0) is 44.8. The van der Waals surface area contributed by atoms with Gasteiger partial charge >= 0.3 is 0 Å². The molecule has 0 N–H and O–H groups in total. The van der Waals surface area contributed by atoms with Crippen LogP contribution in [-0.4, -0.2) is 9.97 Å². The van der Waals surface area contributed by atoms with Crippen molar-refractivity contribution in [1.82, 2.24) is 9.97 Å². The molecule has 0 fully saturated rings. The zero-order valence-electron chi connectivity index (χ0n) is 39.8. The van der Waals surface area contributed by atoms with Gasteiger partial charge in [0.15, 0.2) is 0 Å². The van der Waals surface area contributed by atoms with Crippen LogP contribution in [0.5, 0.6) is 0 Å². The van der Waals surface area contributed by atoms with Crippen LogP contribution in [0.1, 0.15) is 58.1 Å². The predicted molar refractivity (Wildman–Crippen MR) is 213 cm³/mol. The van der Waals surface area contributed by atoms with Crippen LogP contribution in [0.25, 0.3) is 66.7 Å². The Morgan fingerprint density at radius 2 is 1.46 bits per heavy atom. The molecule has 0 atom stereocenters. The Kier molecular flexibility index (Phi) is 7.49. The normalized spacial score (nSPS) is 15.3. The van der Waals surface area contributed by atoms with E-state index in [-0.39, 0.29) is 53.5 Å². The van der Waals surface area contributed by atoms with Gasteiger partial charge in [-0.15, -0.1) is 54.1 Å². The molecule has 5 aromatic carbocycles. The number of hydrogen-bond acceptors (Lipinski definition) is 3. The minimum Gasteiger partial charge on any atom is -0.500 e. The number of fused-ring (bicyclic) bond motifs is 3. The largest absolute Gasteiger partial charge is 0.500 e. The van der Waals surface area contributed by atoms with Gasteiger partial charge in [-0.1, -0.05) is 117 Å². The molecule has 0 aliphatic carbocycles. The molecule has 1 radical (unpaired) electrons. The zero-order valence-corrected chi connectivity index (χ0v) is 31.2. The van der Waals surface area contributed by atoms with Gasteiger partial charge in [-0.05, 0) is 82.7 Å². The number of furan rings is 1. The van der Waals surface area contributed by atoms with E-state index in [0.29, 0.717) is 22.4 Å². The molecular weight excluding hydrogens is 813 g/mol. The number of rotatable bonds is 5. The average molecular weight is 866 g/mol. The molecule has 3 aromatic heterocycles. The van der Waals surface area contributed by atoms with Crippen LogP contribution in [0.15, 0.2) is 138 Å². The Labute approximate surface area is 336 Å². The summed E-state index contributed by atoms with van der Waals surface area (Å²) in [6, 6.07) is 42.5. The van der Waals surface area contributed by atoms with E-state index in [1.165, 1.54) is 30.6 Å². The van der Waals surface area contributed by atoms with Crippen molar-refractivity contribution in [2.45, 2.75) is 47.7 Å². The van der Waals surface area contributed by atoms with Crippen molar-refractivity contribution in [3.05, 3.63) is 168 Å². The fourth-order valence-electron chi connectivity index (χ4n) is 6.01. The van der Waals surface area contributed by atoms with Gasteiger partial charge in [-0.25, -0.2) is 0 Å². The topological polar surface area (TPSA) is 38.9 Å². The summed E-state index contributed by atoms with van der Waals surface area (Å²) in [7, 11) is 0. The molecule has 261 valence electrons. The summed E-state index contributed by atoms with van der Waals surface area (Å²) in [6.07, 6.45) is 0.795. The first-order valence-electron chi connectivity index (χ1n) is 22.1. The van der Waals surface area contributed by atoms with Crippen LogP contribution in [0.3, 0.4) is 0 Å². The third-order valence-electron chi connectivity index (χ3n) is 8.28. The van der Waals surface area contributed by atoms with Crippen molar-refractivity contribution < 1.29 is 39.6 Å². The molecule has 3 heterocycles. The Morgan fingerprint density at radius 1 is 0.654 bits per heavy atom. The maximum atomic E-state index is 8.74. The Bertz CT molecular complexity index is 2860. The summed E-state index contributed by atoms with van der Waals surface area (Å²) >= 11 is 0. The predicted octanol–water partition coefficient (Wildman–Crippen LogP) is 12.8. The molecular formula is C48H42IrN2O-2. The molecule has 3 nitrogen and oxygen atoms in total. The molecule has 8 rings (SSSR count). The number of benzene rings is 5. The van der Waals surface area contributed by atoms with E-state index in [2.05, 4.69) is 22.1 Å². The van der Waals surface area contributed by atoms with Gasteiger partial charge in [0.05, 0.1) is 5.58 Å². The molecule has 52 heavy (non-hydrogen) atoms. The summed E-state index contributed by atoms with van der Waals surface area (Å²) in [5, 5.41) is 1.74. The fraction of sp³-hybridized carbons (Fsp3) is 0.167. The van der Waals surface area contributed by atoms with E-state index in [1.54, 1.807) is 51.1 Å². The standard InChI is InChI=1S/C36H32NO.C12H10N.Ir/c1-23-19-25(21-36(3,4)5)17-18-27(23)32-20-33(37-22-24(32)2)31-16-10-15-30-29-14-9-13-28(34(29)38-35(30)31)26-11-7-6-8-12-26;1-10-7-8-12(13-9-10)11-5-3-2-4-6-11;/h6-15,17-20,22H,21H2,1-5H3;2-5,7-9H,1H3;/q2*-1;/i1D3,2D3,21D2;1D3;. The van der Waals surface area contributed by atoms with Gasteiger partial charge in [0.25, 0.3) is 0 Å². The van der Waals surface area contributed by atoms with Gasteiger partial charge in [0.2, 0.25) is 0 Å². The Balaban J connectivity index is 0.000000327. The quantitative estimate of drug-likeness (QED) is 0.162. The summed E-state index contributed by atoms with van der Waals surface area (Å²) in [4.78, 5) is 8.66. The fourth-order valence-corrected chi connectivity index (χ4v) is 6.01. The monoisotopic (exact) mass is 866 g/mol. The number of hydrogen-bond donors (Lipinski definition) is 0. The summed E-state index contributed by atoms with van der Waals surface area (Å²) in [6.45, 7) is -2.12. The molecule has 8 aromatic rings. The smallest absolute Gasteiger partial charge is 0.128 e. The van der Waals surface area contributed by atoms with Crippen LogP contribution in [0, 0.1) is 38.1 Å². The van der Waals surface area contributed by atoms with E-state index in [9.17, 15) is 0 Å². The minimum atomic E-state index is -2.66. The molecule has 0 aliphatic heterocycles. The van der Waals surface area contributed by atoms with Crippen LogP contribution in [0.2, 0.25) is 0 Å². The minimum absolute atomic E-state index is 0. The summed E-state index contributed by atoms with van der Waals surface area (Å²) < 4.78 is 95.6. The molecule has 0 bridgehead atoms. The number of nitrogens with zero attached hydrogens (tertiary/aromatic N) is 2. The first kappa shape index (κ1) is 24.9. The van der Waals surface area contributed by atoms with E-state index >= 15 is 0 Å². The second-order valence-electron chi connectivity index (χ2n) is 13.2. The van der Waals surface area contributed by atoms with Crippen LogP contribution >= 0.6 is 0 Å². The van der Waals surface area contributed by atoms with Crippen molar-refractivity contribution in [1.29, 1.82) is 0 Å². The molecule has 0 amide bonds. The summed E-state index contributed by atoms with van der Waals surface area (Å²) in [5.41, 5.74) is 5.31. The first-order valence-corrected chi connectivity index (χ1v) is 16.6. The van der Waals surface area contributed by atoms with Gasteiger partial charge in [0.1, 0.15) is 5.58 Å². The Morgan fingerprint density at radius 3 is 2.19 bits per heavy atom. The van der Waals surface area contributed by atoms with Crippen molar-refractivity contribution in [2.75, 3.05) is 0 Å². The molecule has 0 saturated heterocycles. The van der Waals surface area contributed by atoms with Gasteiger partial charge in [-0.2, -0.15) is 0 Å². The average Bonchev–Trinajstić information content (AvgIpc) is 3.62.